The van der Waals surface area contributed by atoms with E-state index in [-0.39, 0.29) is 17.4 Å². The number of benzene rings is 1. The summed E-state index contributed by atoms with van der Waals surface area (Å²) in [6.45, 7) is 3.06. The number of aliphatic hydroxyl groups is 1. The number of likely N-dealkylation sites (N-methyl/N-ethyl adjacent to an activating group) is 1. The first-order chi connectivity index (χ1) is 12.6. The number of likely N-dealkylation sites (tertiary alicyclic amines) is 2. The molecule has 1 aromatic rings. The van der Waals surface area contributed by atoms with E-state index in [9.17, 15) is 18.3 Å². The van der Waals surface area contributed by atoms with Crippen LogP contribution in [0.5, 0.6) is 0 Å². The van der Waals surface area contributed by atoms with Crippen molar-refractivity contribution in [2.75, 3.05) is 50.8 Å². The van der Waals surface area contributed by atoms with Crippen LogP contribution in [-0.2, 0) is 10.0 Å². The maximum atomic E-state index is 12.8. The first-order valence-electron chi connectivity index (χ1n) is 9.30. The maximum Gasteiger partial charge on any atom is 0.253 e. The Morgan fingerprint density at radius 2 is 1.81 bits per heavy atom. The van der Waals surface area contributed by atoms with Gasteiger partial charge in [-0.05, 0) is 56.0 Å². The molecule has 1 amide bonds. The third kappa shape index (κ3) is 4.44. The van der Waals surface area contributed by atoms with Crippen LogP contribution in [0, 0.1) is 5.41 Å². The van der Waals surface area contributed by atoms with Crippen molar-refractivity contribution >= 4 is 21.6 Å². The zero-order valence-corrected chi connectivity index (χ0v) is 17.1. The van der Waals surface area contributed by atoms with Crippen molar-refractivity contribution in [2.45, 2.75) is 25.4 Å². The van der Waals surface area contributed by atoms with E-state index in [0.717, 1.165) is 38.6 Å². The molecule has 1 atom stereocenters. The molecule has 0 aromatic heterocycles. The number of nitrogens with zero attached hydrogens (tertiary/aromatic N) is 3. The van der Waals surface area contributed by atoms with E-state index in [1.807, 2.05) is 11.9 Å². The van der Waals surface area contributed by atoms with Gasteiger partial charge in [0.15, 0.2) is 0 Å². The number of carbonyl (C=O) groups excluding carboxylic acids is 1. The number of sulfonamides is 1. The fourth-order valence-corrected chi connectivity index (χ4v) is 4.86. The second-order valence-electron chi connectivity index (χ2n) is 8.12. The molecule has 1 N–H and O–H groups in total. The summed E-state index contributed by atoms with van der Waals surface area (Å²) >= 11 is 0. The molecule has 3 rings (SSSR count). The van der Waals surface area contributed by atoms with Gasteiger partial charge in [-0.2, -0.15) is 0 Å². The van der Waals surface area contributed by atoms with Crippen LogP contribution in [0.25, 0.3) is 0 Å². The van der Waals surface area contributed by atoms with Gasteiger partial charge in [-0.25, -0.2) is 8.42 Å². The molecule has 2 heterocycles. The van der Waals surface area contributed by atoms with E-state index < -0.39 is 10.0 Å². The van der Waals surface area contributed by atoms with Crippen LogP contribution in [0.2, 0.25) is 0 Å². The average molecular weight is 396 g/mol. The van der Waals surface area contributed by atoms with Crippen molar-refractivity contribution in [2.24, 2.45) is 5.41 Å². The summed E-state index contributed by atoms with van der Waals surface area (Å²) in [5, 5.41) is 10.1. The highest BCUT2D eigenvalue weighted by molar-refractivity contribution is 7.92. The summed E-state index contributed by atoms with van der Waals surface area (Å²) in [6, 6.07) is 6.68. The zero-order valence-electron chi connectivity index (χ0n) is 16.3. The summed E-state index contributed by atoms with van der Waals surface area (Å²) in [5.74, 6) is -0.0249. The number of piperidine rings is 2. The molecule has 1 spiro atoms. The molecule has 0 bridgehead atoms. The maximum absolute atomic E-state index is 12.8. The highest BCUT2D eigenvalue weighted by atomic mass is 32.2. The molecule has 8 heteroatoms. The van der Waals surface area contributed by atoms with Crippen molar-refractivity contribution in [1.29, 1.82) is 0 Å². The first kappa shape index (κ1) is 20.1. The predicted molar refractivity (Wildman–Crippen MR) is 105 cm³/mol. The third-order valence-electron chi connectivity index (χ3n) is 5.88. The molecule has 0 saturated carbocycles. The number of rotatable bonds is 3. The Balaban J connectivity index is 1.64. The summed E-state index contributed by atoms with van der Waals surface area (Å²) < 4.78 is 24.4. The van der Waals surface area contributed by atoms with E-state index in [4.69, 9.17) is 0 Å². The quantitative estimate of drug-likeness (QED) is 0.826. The van der Waals surface area contributed by atoms with Gasteiger partial charge in [0.25, 0.3) is 5.91 Å². The fourth-order valence-electron chi connectivity index (χ4n) is 4.36. The SMILES string of the molecule is CN1CC(O)CC2(CCN(C(=O)c3ccc(N(C)S(C)(=O)=O)cc3)CC2)C1. The van der Waals surface area contributed by atoms with Gasteiger partial charge in [-0.3, -0.25) is 9.10 Å². The minimum atomic E-state index is -3.32. The van der Waals surface area contributed by atoms with Crippen LogP contribution in [0.3, 0.4) is 0 Å². The third-order valence-corrected chi connectivity index (χ3v) is 7.09. The Morgan fingerprint density at radius 1 is 1.22 bits per heavy atom. The molecule has 1 unspecified atom stereocenters. The molecule has 27 heavy (non-hydrogen) atoms. The van der Waals surface area contributed by atoms with Gasteiger partial charge < -0.3 is 14.9 Å². The van der Waals surface area contributed by atoms with Crippen LogP contribution >= 0.6 is 0 Å². The smallest absolute Gasteiger partial charge is 0.253 e. The van der Waals surface area contributed by atoms with E-state index in [2.05, 4.69) is 4.90 Å². The van der Waals surface area contributed by atoms with Gasteiger partial charge >= 0.3 is 0 Å². The highest BCUT2D eigenvalue weighted by Crippen LogP contribution is 2.39. The lowest BCUT2D eigenvalue weighted by Gasteiger charge is -2.48. The Labute approximate surface area is 161 Å². The van der Waals surface area contributed by atoms with Gasteiger partial charge in [0.2, 0.25) is 10.0 Å². The summed E-state index contributed by atoms with van der Waals surface area (Å²) in [7, 11) is 0.210. The molecular formula is C19H29N3O4S. The molecule has 2 aliphatic rings. The van der Waals surface area contributed by atoms with Crippen LogP contribution in [-0.4, -0.2) is 81.9 Å². The highest BCUT2D eigenvalue weighted by Gasteiger charge is 2.41. The number of β-amino-alcohol motifs (C(OH)–C–C–N with tert-alkyl or cyclic N) is 1. The molecular weight excluding hydrogens is 366 g/mol. The van der Waals surface area contributed by atoms with Gasteiger partial charge in [0.05, 0.1) is 18.0 Å². The monoisotopic (exact) mass is 395 g/mol. The van der Waals surface area contributed by atoms with E-state index in [1.165, 1.54) is 11.4 Å². The molecule has 2 fully saturated rings. The number of anilines is 1. The van der Waals surface area contributed by atoms with Crippen LogP contribution in [0.4, 0.5) is 5.69 Å². The van der Waals surface area contributed by atoms with Crippen molar-refractivity contribution < 1.29 is 18.3 Å². The molecule has 1 aromatic carbocycles. The van der Waals surface area contributed by atoms with Gasteiger partial charge in [0, 0.05) is 38.8 Å². The first-order valence-corrected chi connectivity index (χ1v) is 11.1. The number of hydrogen-bond acceptors (Lipinski definition) is 5. The lowest BCUT2D eigenvalue weighted by molar-refractivity contribution is -0.0286. The second kappa shape index (κ2) is 7.41. The van der Waals surface area contributed by atoms with Crippen LogP contribution < -0.4 is 4.31 Å². The van der Waals surface area contributed by atoms with E-state index in [1.54, 1.807) is 24.3 Å². The number of carbonyl (C=O) groups is 1. The van der Waals surface area contributed by atoms with Crippen LogP contribution in [0.1, 0.15) is 29.6 Å². The Morgan fingerprint density at radius 3 is 2.33 bits per heavy atom. The number of amides is 1. The van der Waals surface area contributed by atoms with Crippen molar-refractivity contribution in [3.05, 3.63) is 29.8 Å². The predicted octanol–water partition coefficient (Wildman–Crippen LogP) is 1.00. The fraction of sp³-hybridized carbons (Fsp3) is 0.632. The normalized spacial score (nSPS) is 23.4. The molecule has 2 aliphatic heterocycles. The zero-order chi connectivity index (χ0) is 19.8. The minimum absolute atomic E-state index is 0.0249. The van der Waals surface area contributed by atoms with Crippen molar-refractivity contribution in [3.63, 3.8) is 0 Å². The molecule has 150 valence electrons. The van der Waals surface area contributed by atoms with Gasteiger partial charge in [-0.15, -0.1) is 0 Å². The van der Waals surface area contributed by atoms with E-state index >= 15 is 0 Å². The van der Waals surface area contributed by atoms with Crippen molar-refractivity contribution in [1.82, 2.24) is 9.80 Å². The molecule has 0 aliphatic carbocycles. The summed E-state index contributed by atoms with van der Waals surface area (Å²) in [5.41, 5.74) is 1.20. The van der Waals surface area contributed by atoms with Gasteiger partial charge in [-0.1, -0.05) is 0 Å². The molecule has 2 saturated heterocycles. The number of hydrogen-bond donors (Lipinski definition) is 1. The lowest BCUT2D eigenvalue weighted by atomic mass is 9.71. The van der Waals surface area contributed by atoms with Gasteiger partial charge in [0.1, 0.15) is 0 Å². The molecule has 7 nitrogen and oxygen atoms in total. The number of aliphatic hydroxyl groups excluding tert-OH is 1. The standard InChI is InChI=1S/C19H29N3O4S/c1-20-13-17(23)12-19(14-20)8-10-22(11-9-19)18(24)15-4-6-16(7-5-15)21(2)27(3,25)26/h4-7,17,23H,8-14H2,1-3H3. The largest absolute Gasteiger partial charge is 0.392 e. The Kier molecular flexibility index (Phi) is 5.52. The average Bonchev–Trinajstić information content (AvgIpc) is 2.59. The molecule has 0 radical (unpaired) electrons. The van der Waals surface area contributed by atoms with Crippen LogP contribution in [0.15, 0.2) is 24.3 Å². The summed E-state index contributed by atoms with van der Waals surface area (Å²) in [6.07, 6.45) is 3.47. The topological polar surface area (TPSA) is 81.2 Å². The Hall–Kier alpha value is -1.64. The summed E-state index contributed by atoms with van der Waals surface area (Å²) in [4.78, 5) is 16.9. The minimum Gasteiger partial charge on any atom is -0.392 e. The Bertz CT molecular complexity index is 774. The second-order valence-corrected chi connectivity index (χ2v) is 10.1. The lowest BCUT2D eigenvalue weighted by Crippen LogP contribution is -2.53. The van der Waals surface area contributed by atoms with E-state index in [0.29, 0.717) is 24.3 Å². The van der Waals surface area contributed by atoms with Crippen molar-refractivity contribution in [3.8, 4) is 0 Å².